The number of amides is 2. The first-order valence-corrected chi connectivity index (χ1v) is 7.82. The van der Waals surface area contributed by atoms with E-state index in [1.807, 2.05) is 66.4 Å². The van der Waals surface area contributed by atoms with Crippen molar-refractivity contribution in [1.82, 2.24) is 5.32 Å². The van der Waals surface area contributed by atoms with Gasteiger partial charge < -0.3 is 10.2 Å². The number of carbonyl (C=O) groups is 2. The number of anilines is 1. The number of fused-ring (bicyclic) bond motifs is 1. The molecule has 4 heteroatoms. The Balaban J connectivity index is 2.01. The average Bonchev–Trinajstić information content (AvgIpc) is 2.55. The van der Waals surface area contributed by atoms with Gasteiger partial charge in [0.15, 0.2) is 0 Å². The zero-order valence-electron chi connectivity index (χ0n) is 13.3. The molecule has 0 unspecified atom stereocenters. The second-order valence-corrected chi connectivity index (χ2v) is 5.94. The fourth-order valence-electron chi connectivity index (χ4n) is 3.22. The van der Waals surface area contributed by atoms with E-state index >= 15 is 0 Å². The quantitative estimate of drug-likeness (QED) is 0.925. The van der Waals surface area contributed by atoms with Gasteiger partial charge in [-0.1, -0.05) is 36.4 Å². The monoisotopic (exact) mass is 308 g/mol. The topological polar surface area (TPSA) is 49.4 Å². The summed E-state index contributed by atoms with van der Waals surface area (Å²) in [6.45, 7) is 3.54. The summed E-state index contributed by atoms with van der Waals surface area (Å²) in [6.07, 6.45) is 0.704. The maximum Gasteiger partial charge on any atom is 0.258 e. The molecule has 0 spiro atoms. The van der Waals surface area contributed by atoms with Crippen LogP contribution in [0.5, 0.6) is 0 Å². The number of rotatable bonds is 2. The molecular formula is C19H20N2O2. The molecule has 1 aliphatic rings. The standard InChI is InChI=1S/C19H20N2O2/c1-13-12-17(20-14(2)22)16-10-6-7-11-18(16)21(13)19(23)15-8-4-3-5-9-15/h3-11,13,17H,12H2,1-2H3,(H,20,22)/t13-,17+/m0/s1. The highest BCUT2D eigenvalue weighted by Crippen LogP contribution is 2.37. The summed E-state index contributed by atoms with van der Waals surface area (Å²) in [4.78, 5) is 26.3. The van der Waals surface area contributed by atoms with Gasteiger partial charge in [0.25, 0.3) is 5.91 Å². The lowest BCUT2D eigenvalue weighted by Gasteiger charge is -2.39. The molecule has 0 radical (unpaired) electrons. The Kier molecular flexibility index (Phi) is 4.15. The summed E-state index contributed by atoms with van der Waals surface area (Å²) in [5, 5.41) is 2.99. The van der Waals surface area contributed by atoms with E-state index in [0.717, 1.165) is 11.3 Å². The molecule has 4 nitrogen and oxygen atoms in total. The van der Waals surface area contributed by atoms with Crippen LogP contribution in [0.25, 0.3) is 0 Å². The Morgan fingerprint density at radius 1 is 1.04 bits per heavy atom. The number of para-hydroxylation sites is 1. The normalized spacial score (nSPS) is 19.8. The van der Waals surface area contributed by atoms with E-state index in [4.69, 9.17) is 0 Å². The molecule has 2 atom stereocenters. The second-order valence-electron chi connectivity index (χ2n) is 5.94. The number of nitrogens with one attached hydrogen (secondary N) is 1. The van der Waals surface area contributed by atoms with Crippen LogP contribution in [0.4, 0.5) is 5.69 Å². The zero-order chi connectivity index (χ0) is 16.4. The van der Waals surface area contributed by atoms with E-state index in [1.54, 1.807) is 0 Å². The molecule has 2 aromatic carbocycles. The van der Waals surface area contributed by atoms with Crippen molar-refractivity contribution >= 4 is 17.5 Å². The summed E-state index contributed by atoms with van der Waals surface area (Å²) in [5.41, 5.74) is 2.54. The van der Waals surface area contributed by atoms with Crippen molar-refractivity contribution in [3.05, 3.63) is 65.7 Å². The molecule has 0 saturated carbocycles. The van der Waals surface area contributed by atoms with Crippen LogP contribution in [-0.2, 0) is 4.79 Å². The molecule has 1 aliphatic heterocycles. The van der Waals surface area contributed by atoms with Crippen molar-refractivity contribution in [2.75, 3.05) is 4.90 Å². The predicted molar refractivity (Wildman–Crippen MR) is 90.3 cm³/mol. The highest BCUT2D eigenvalue weighted by molar-refractivity contribution is 6.07. The fourth-order valence-corrected chi connectivity index (χ4v) is 3.22. The van der Waals surface area contributed by atoms with E-state index in [1.165, 1.54) is 6.92 Å². The average molecular weight is 308 g/mol. The molecule has 0 fully saturated rings. The Morgan fingerprint density at radius 3 is 2.39 bits per heavy atom. The molecule has 1 N–H and O–H groups in total. The minimum absolute atomic E-state index is 0.00757. The zero-order valence-corrected chi connectivity index (χ0v) is 13.3. The summed E-state index contributed by atoms with van der Waals surface area (Å²) in [5.74, 6) is -0.0633. The Bertz CT molecular complexity index is 727. The third-order valence-electron chi connectivity index (χ3n) is 4.21. The first-order chi connectivity index (χ1) is 11.1. The van der Waals surface area contributed by atoms with E-state index in [2.05, 4.69) is 5.32 Å². The number of hydrogen-bond donors (Lipinski definition) is 1. The molecule has 23 heavy (non-hydrogen) atoms. The number of nitrogens with zero attached hydrogens (tertiary/aromatic N) is 1. The van der Waals surface area contributed by atoms with Gasteiger partial charge in [-0.3, -0.25) is 9.59 Å². The molecule has 0 aromatic heterocycles. The third kappa shape index (κ3) is 2.97. The lowest BCUT2D eigenvalue weighted by atomic mass is 9.91. The fraction of sp³-hybridized carbons (Fsp3) is 0.263. The molecule has 1 heterocycles. The van der Waals surface area contributed by atoms with E-state index < -0.39 is 0 Å². The van der Waals surface area contributed by atoms with Gasteiger partial charge in [0, 0.05) is 24.2 Å². The minimum atomic E-state index is -0.0569. The van der Waals surface area contributed by atoms with Crippen LogP contribution in [0.3, 0.4) is 0 Å². The molecule has 0 aliphatic carbocycles. The first kappa shape index (κ1) is 15.3. The minimum Gasteiger partial charge on any atom is -0.349 e. The van der Waals surface area contributed by atoms with Gasteiger partial charge in [-0.25, -0.2) is 0 Å². The number of carbonyl (C=O) groups excluding carboxylic acids is 2. The van der Waals surface area contributed by atoms with Gasteiger partial charge in [-0.05, 0) is 37.1 Å². The summed E-state index contributed by atoms with van der Waals surface area (Å²) in [7, 11) is 0. The maximum absolute atomic E-state index is 12.9. The largest absolute Gasteiger partial charge is 0.349 e. The molecule has 2 amide bonds. The first-order valence-electron chi connectivity index (χ1n) is 7.82. The summed E-state index contributed by atoms with van der Waals surface area (Å²) < 4.78 is 0. The third-order valence-corrected chi connectivity index (χ3v) is 4.21. The van der Waals surface area contributed by atoms with Gasteiger partial charge in [0.1, 0.15) is 0 Å². The van der Waals surface area contributed by atoms with Crippen LogP contribution in [0, 0.1) is 0 Å². The van der Waals surface area contributed by atoms with Crippen LogP contribution in [0.1, 0.15) is 42.2 Å². The summed E-state index contributed by atoms with van der Waals surface area (Å²) in [6, 6.07) is 17.0. The van der Waals surface area contributed by atoms with Crippen molar-refractivity contribution in [2.24, 2.45) is 0 Å². The Morgan fingerprint density at radius 2 is 1.70 bits per heavy atom. The number of hydrogen-bond acceptors (Lipinski definition) is 2. The molecule has 0 bridgehead atoms. The van der Waals surface area contributed by atoms with Crippen molar-refractivity contribution < 1.29 is 9.59 Å². The van der Waals surface area contributed by atoms with Gasteiger partial charge >= 0.3 is 0 Å². The predicted octanol–water partition coefficient (Wildman–Crippen LogP) is 3.30. The van der Waals surface area contributed by atoms with E-state index in [-0.39, 0.29) is 23.9 Å². The lowest BCUT2D eigenvalue weighted by Crippen LogP contribution is -2.46. The molecule has 3 rings (SSSR count). The van der Waals surface area contributed by atoms with Gasteiger partial charge in [-0.2, -0.15) is 0 Å². The Hall–Kier alpha value is -2.62. The highest BCUT2D eigenvalue weighted by atomic mass is 16.2. The van der Waals surface area contributed by atoms with Crippen molar-refractivity contribution in [3.63, 3.8) is 0 Å². The molecular weight excluding hydrogens is 288 g/mol. The van der Waals surface area contributed by atoms with Crippen LogP contribution >= 0.6 is 0 Å². The lowest BCUT2D eigenvalue weighted by molar-refractivity contribution is -0.119. The van der Waals surface area contributed by atoms with Crippen LogP contribution in [0.2, 0.25) is 0 Å². The van der Waals surface area contributed by atoms with Gasteiger partial charge in [-0.15, -0.1) is 0 Å². The van der Waals surface area contributed by atoms with Crippen LogP contribution in [-0.4, -0.2) is 17.9 Å². The van der Waals surface area contributed by atoms with Crippen LogP contribution < -0.4 is 10.2 Å². The summed E-state index contributed by atoms with van der Waals surface area (Å²) >= 11 is 0. The van der Waals surface area contributed by atoms with E-state index in [0.29, 0.717) is 12.0 Å². The van der Waals surface area contributed by atoms with Gasteiger partial charge in [0.2, 0.25) is 5.91 Å². The highest BCUT2D eigenvalue weighted by Gasteiger charge is 2.34. The number of benzene rings is 2. The Labute approximate surface area is 136 Å². The van der Waals surface area contributed by atoms with Gasteiger partial charge in [0.05, 0.1) is 6.04 Å². The van der Waals surface area contributed by atoms with E-state index in [9.17, 15) is 9.59 Å². The smallest absolute Gasteiger partial charge is 0.258 e. The molecule has 2 aromatic rings. The molecule has 118 valence electrons. The van der Waals surface area contributed by atoms with Crippen molar-refractivity contribution in [1.29, 1.82) is 0 Å². The van der Waals surface area contributed by atoms with Crippen molar-refractivity contribution in [2.45, 2.75) is 32.4 Å². The molecule has 0 saturated heterocycles. The SMILES string of the molecule is CC(=O)N[C@@H]1C[C@H](C)N(C(=O)c2ccccc2)c2ccccc21. The van der Waals surface area contributed by atoms with Crippen LogP contribution in [0.15, 0.2) is 54.6 Å². The maximum atomic E-state index is 12.9. The second kappa shape index (κ2) is 6.24. The van der Waals surface area contributed by atoms with Crippen molar-refractivity contribution in [3.8, 4) is 0 Å².